The number of carbonyl (C=O) groups is 3. The van der Waals surface area contributed by atoms with Crippen LogP contribution in [0.3, 0.4) is 0 Å². The summed E-state index contributed by atoms with van der Waals surface area (Å²) in [5.74, 6) is -0.769. The molecule has 2 aromatic heterocycles. The minimum Gasteiger partial charge on any atom is -0.445 e. The van der Waals surface area contributed by atoms with Gasteiger partial charge in [0, 0.05) is 35.1 Å². The summed E-state index contributed by atoms with van der Waals surface area (Å²) in [6.45, 7) is 9.78. The highest BCUT2D eigenvalue weighted by atomic mass is 16.6. The maximum Gasteiger partial charge on any atom is 0.408 e. The molecule has 0 saturated carbocycles. The molecule has 0 aliphatic carbocycles. The molecular formula is C41H51N5O6. The van der Waals surface area contributed by atoms with Crippen molar-refractivity contribution in [1.29, 1.82) is 0 Å². The number of rotatable bonds is 16. The van der Waals surface area contributed by atoms with Crippen LogP contribution in [0.25, 0.3) is 0 Å². The highest BCUT2D eigenvalue weighted by Gasteiger charge is 2.31. The van der Waals surface area contributed by atoms with E-state index in [2.05, 4.69) is 46.7 Å². The van der Waals surface area contributed by atoms with E-state index < -0.39 is 42.3 Å². The lowest BCUT2D eigenvalue weighted by Gasteiger charge is -2.30. The van der Waals surface area contributed by atoms with Crippen LogP contribution < -0.4 is 16.0 Å². The van der Waals surface area contributed by atoms with Gasteiger partial charge < -0.3 is 30.5 Å². The van der Waals surface area contributed by atoms with Crippen LogP contribution in [-0.2, 0) is 45.7 Å². The van der Waals surface area contributed by atoms with Crippen LogP contribution in [0.5, 0.6) is 0 Å². The summed E-state index contributed by atoms with van der Waals surface area (Å²) in [5, 5.41) is 20.4. The number of benzene rings is 2. The fourth-order valence-corrected chi connectivity index (χ4v) is 5.63. The summed E-state index contributed by atoms with van der Waals surface area (Å²) < 4.78 is 10.9. The molecule has 2 heterocycles. The Hall–Kier alpha value is -5.29. The second kappa shape index (κ2) is 19.4. The molecule has 3 amide bonds. The lowest BCUT2D eigenvalue weighted by atomic mass is 9.91. The monoisotopic (exact) mass is 709 g/mol. The number of amides is 3. The first-order valence-corrected chi connectivity index (χ1v) is 17.7. The molecule has 11 nitrogen and oxygen atoms in total. The largest absolute Gasteiger partial charge is 0.445 e. The Bertz CT molecular complexity index is 1700. The fraction of sp³-hybridized carbons (Fsp3) is 0.390. The Kier molecular flexibility index (Phi) is 14.7. The topological polar surface area (TPSA) is 152 Å². The summed E-state index contributed by atoms with van der Waals surface area (Å²) in [7, 11) is 0. The van der Waals surface area contributed by atoms with E-state index in [1.807, 2.05) is 92.7 Å². The molecule has 2 aromatic carbocycles. The Balaban J connectivity index is 1.45. The third kappa shape index (κ3) is 13.1. The predicted molar refractivity (Wildman–Crippen MR) is 199 cm³/mol. The van der Waals surface area contributed by atoms with Crippen LogP contribution in [0, 0.1) is 5.92 Å². The van der Waals surface area contributed by atoms with Gasteiger partial charge in [0.15, 0.2) is 0 Å². The number of carbonyl (C=O) groups excluding carboxylic acids is 3. The lowest BCUT2D eigenvalue weighted by molar-refractivity contribution is -0.125. The van der Waals surface area contributed by atoms with Gasteiger partial charge in [0.1, 0.15) is 19.3 Å². The molecule has 11 heteroatoms. The van der Waals surface area contributed by atoms with E-state index in [0.29, 0.717) is 18.5 Å². The first-order valence-electron chi connectivity index (χ1n) is 17.7. The second-order valence-corrected chi connectivity index (χ2v) is 14.3. The molecule has 0 aliphatic rings. The van der Waals surface area contributed by atoms with Gasteiger partial charge in [-0.2, -0.15) is 0 Å². The molecule has 0 bridgehead atoms. The molecule has 0 saturated heterocycles. The molecule has 0 fully saturated rings. The van der Waals surface area contributed by atoms with E-state index in [0.717, 1.165) is 22.4 Å². The number of hydrogen-bond acceptors (Lipinski definition) is 8. The summed E-state index contributed by atoms with van der Waals surface area (Å²) in [4.78, 5) is 48.4. The first kappa shape index (κ1) is 39.5. The van der Waals surface area contributed by atoms with Crippen molar-refractivity contribution in [3.63, 3.8) is 0 Å². The van der Waals surface area contributed by atoms with Crippen molar-refractivity contribution in [3.8, 4) is 0 Å². The lowest BCUT2D eigenvalue weighted by Crippen LogP contribution is -2.56. The summed E-state index contributed by atoms with van der Waals surface area (Å²) in [6.07, 6.45) is 1.62. The van der Waals surface area contributed by atoms with Crippen molar-refractivity contribution in [2.24, 2.45) is 5.92 Å². The Morgan fingerprint density at radius 3 is 1.96 bits per heavy atom. The third-order valence-electron chi connectivity index (χ3n) is 8.51. The van der Waals surface area contributed by atoms with Crippen LogP contribution in [0.15, 0.2) is 103 Å². The Morgan fingerprint density at radius 1 is 0.731 bits per heavy atom. The van der Waals surface area contributed by atoms with Crippen molar-refractivity contribution >= 4 is 18.1 Å². The van der Waals surface area contributed by atoms with Crippen molar-refractivity contribution < 1.29 is 29.0 Å². The molecule has 4 aromatic rings. The molecule has 52 heavy (non-hydrogen) atoms. The zero-order valence-corrected chi connectivity index (χ0v) is 30.6. The number of ether oxygens (including phenoxy) is 2. The van der Waals surface area contributed by atoms with Crippen molar-refractivity contribution in [2.75, 3.05) is 0 Å². The van der Waals surface area contributed by atoms with Gasteiger partial charge in [-0.05, 0) is 54.5 Å². The van der Waals surface area contributed by atoms with E-state index in [-0.39, 0.29) is 31.0 Å². The number of aliphatic hydroxyl groups excluding tert-OH is 1. The van der Waals surface area contributed by atoms with Gasteiger partial charge in [0.25, 0.3) is 0 Å². The molecule has 0 spiro atoms. The minimum absolute atomic E-state index is 0.0405. The molecular weight excluding hydrogens is 658 g/mol. The Morgan fingerprint density at radius 2 is 1.35 bits per heavy atom. The maximum atomic E-state index is 13.8. The summed E-state index contributed by atoms with van der Waals surface area (Å²) >= 11 is 0. The normalized spacial score (nSPS) is 13.7. The van der Waals surface area contributed by atoms with Gasteiger partial charge in [-0.25, -0.2) is 9.59 Å². The number of pyridine rings is 2. The number of aromatic nitrogens is 2. The maximum absolute atomic E-state index is 13.8. The van der Waals surface area contributed by atoms with Crippen LogP contribution in [0.4, 0.5) is 9.59 Å². The smallest absolute Gasteiger partial charge is 0.408 e. The van der Waals surface area contributed by atoms with Gasteiger partial charge in [-0.3, -0.25) is 14.8 Å². The van der Waals surface area contributed by atoms with Gasteiger partial charge >= 0.3 is 12.2 Å². The van der Waals surface area contributed by atoms with E-state index in [1.54, 1.807) is 24.5 Å². The van der Waals surface area contributed by atoms with Crippen LogP contribution >= 0.6 is 0 Å². The van der Waals surface area contributed by atoms with Gasteiger partial charge in [-0.1, -0.05) is 107 Å². The number of hydrogen-bond donors (Lipinski definition) is 4. The zero-order valence-electron chi connectivity index (χ0n) is 30.6. The molecule has 276 valence electrons. The molecule has 0 radical (unpaired) electrons. The van der Waals surface area contributed by atoms with Gasteiger partial charge in [0.2, 0.25) is 5.91 Å². The van der Waals surface area contributed by atoms with Crippen LogP contribution in [0.2, 0.25) is 0 Å². The summed E-state index contributed by atoms with van der Waals surface area (Å²) in [5.41, 5.74) is 3.90. The molecule has 4 N–H and O–H groups in total. The molecule has 1 unspecified atom stereocenters. The standard InChI is InChI=1S/C41H51N5O6/c1-28(2)37(46-40(50)52-27-32-19-12-20-36(43-32)41(3,4)5)38(48)45-34(23-30-16-10-7-11-17-30)35(47)24-33(22-29-14-8-6-9-15-29)44-39(49)51-26-31-18-13-21-42-25-31/h6-21,25,28,33-35,37,47H,22-24,26-27H2,1-5H3,(H,44,49)(H,45,48)(H,46,50)/t33-,34-,35-,37?/m0/s1. The van der Waals surface area contributed by atoms with Crippen molar-refractivity contribution in [1.82, 2.24) is 25.9 Å². The molecule has 4 rings (SSSR count). The van der Waals surface area contributed by atoms with E-state index >= 15 is 0 Å². The summed E-state index contributed by atoms with van der Waals surface area (Å²) in [6, 6.07) is 26.0. The van der Waals surface area contributed by atoms with E-state index in [4.69, 9.17) is 9.47 Å². The van der Waals surface area contributed by atoms with E-state index in [9.17, 15) is 19.5 Å². The number of nitrogens with one attached hydrogen (secondary N) is 3. The minimum atomic E-state index is -1.09. The molecule has 4 atom stereocenters. The molecule has 0 aliphatic heterocycles. The number of aliphatic hydroxyl groups is 1. The number of nitrogens with zero attached hydrogens (tertiary/aromatic N) is 2. The van der Waals surface area contributed by atoms with E-state index in [1.165, 1.54) is 0 Å². The van der Waals surface area contributed by atoms with Crippen molar-refractivity contribution in [3.05, 3.63) is 131 Å². The van der Waals surface area contributed by atoms with Crippen LogP contribution in [-0.4, -0.2) is 57.4 Å². The highest BCUT2D eigenvalue weighted by molar-refractivity contribution is 5.86. The third-order valence-corrected chi connectivity index (χ3v) is 8.51. The number of alkyl carbamates (subject to hydrolysis) is 2. The van der Waals surface area contributed by atoms with Gasteiger partial charge in [-0.15, -0.1) is 0 Å². The predicted octanol–water partition coefficient (Wildman–Crippen LogP) is 6.04. The highest BCUT2D eigenvalue weighted by Crippen LogP contribution is 2.20. The second-order valence-electron chi connectivity index (χ2n) is 14.3. The van der Waals surface area contributed by atoms with Crippen molar-refractivity contribution in [2.45, 2.75) is 96.7 Å². The first-order chi connectivity index (χ1) is 24.9. The average molecular weight is 710 g/mol. The zero-order chi connectivity index (χ0) is 37.5. The quantitative estimate of drug-likeness (QED) is 0.110. The average Bonchev–Trinajstić information content (AvgIpc) is 3.12. The van der Waals surface area contributed by atoms with Crippen LogP contribution in [0.1, 0.15) is 69.1 Å². The Labute approximate surface area is 306 Å². The fourth-order valence-electron chi connectivity index (χ4n) is 5.63. The van der Waals surface area contributed by atoms with Gasteiger partial charge in [0.05, 0.1) is 17.8 Å². The SMILES string of the molecule is CC(C)C(NC(=O)OCc1cccc(C(C)(C)C)n1)C(=O)N[C@@H](Cc1ccccc1)[C@@H](O)C[C@H](Cc1ccccc1)NC(=O)OCc1cccnc1.